The van der Waals surface area contributed by atoms with Crippen molar-refractivity contribution in [3.05, 3.63) is 28.8 Å². The average Bonchev–Trinajstić information content (AvgIpc) is 2.66. The van der Waals surface area contributed by atoms with Crippen molar-refractivity contribution in [3.8, 4) is 5.75 Å². The highest BCUT2D eigenvalue weighted by Gasteiger charge is 2.19. The summed E-state index contributed by atoms with van der Waals surface area (Å²) in [7, 11) is 0. The van der Waals surface area contributed by atoms with E-state index in [1.165, 1.54) is 12.0 Å². The molecule has 0 saturated carbocycles. The molecular weight excluding hydrogens is 174 g/mol. The molecule has 2 rings (SSSR count). The molecule has 2 heteroatoms. The number of nitrogens with two attached hydrogens (primary N) is 1. The van der Waals surface area contributed by atoms with Crippen molar-refractivity contribution >= 4 is 0 Å². The van der Waals surface area contributed by atoms with Gasteiger partial charge < -0.3 is 10.8 Å². The number of hydrogen-bond acceptors (Lipinski definition) is 2. The summed E-state index contributed by atoms with van der Waals surface area (Å²) in [6.07, 6.45) is 3.30. The van der Waals surface area contributed by atoms with E-state index in [0.717, 1.165) is 24.0 Å². The van der Waals surface area contributed by atoms with Gasteiger partial charge in [-0.1, -0.05) is 19.1 Å². The molecule has 0 aromatic heterocycles. The summed E-state index contributed by atoms with van der Waals surface area (Å²) in [5.41, 5.74) is 9.09. The lowest BCUT2D eigenvalue weighted by atomic mass is 9.95. The van der Waals surface area contributed by atoms with Gasteiger partial charge in [0.2, 0.25) is 0 Å². The van der Waals surface area contributed by atoms with Crippen LogP contribution in [0.5, 0.6) is 5.75 Å². The van der Waals surface area contributed by atoms with E-state index in [4.69, 9.17) is 5.73 Å². The Bertz CT molecular complexity index is 346. The average molecular weight is 191 g/mol. The Morgan fingerprint density at radius 1 is 1.43 bits per heavy atom. The molecule has 0 fully saturated rings. The number of phenolic OH excluding ortho intramolecular Hbond substituents is 1. The van der Waals surface area contributed by atoms with Crippen molar-refractivity contribution in [2.45, 2.75) is 32.1 Å². The van der Waals surface area contributed by atoms with E-state index in [1.807, 2.05) is 6.07 Å². The SMILES string of the molecule is CC(CN)c1ccc2c(c1O)CCC2. The number of hydrogen-bond donors (Lipinski definition) is 2. The smallest absolute Gasteiger partial charge is 0.122 e. The Kier molecular flexibility index (Phi) is 2.46. The fourth-order valence-corrected chi connectivity index (χ4v) is 2.19. The second-order valence-corrected chi connectivity index (χ2v) is 4.13. The van der Waals surface area contributed by atoms with Crippen LogP contribution in [0.3, 0.4) is 0 Å². The molecular formula is C12H17NO. The summed E-state index contributed by atoms with van der Waals surface area (Å²) >= 11 is 0. The second kappa shape index (κ2) is 3.62. The van der Waals surface area contributed by atoms with E-state index in [0.29, 0.717) is 12.3 Å². The van der Waals surface area contributed by atoms with Crippen LogP contribution in [0.25, 0.3) is 0 Å². The van der Waals surface area contributed by atoms with Crippen LogP contribution in [0, 0.1) is 0 Å². The predicted molar refractivity (Wildman–Crippen MR) is 57.6 cm³/mol. The van der Waals surface area contributed by atoms with E-state index < -0.39 is 0 Å². The van der Waals surface area contributed by atoms with Crippen molar-refractivity contribution in [2.24, 2.45) is 5.73 Å². The van der Waals surface area contributed by atoms with Crippen LogP contribution in [0.2, 0.25) is 0 Å². The Morgan fingerprint density at radius 2 is 2.21 bits per heavy atom. The van der Waals surface area contributed by atoms with E-state index in [1.54, 1.807) is 0 Å². The number of benzene rings is 1. The highest BCUT2D eigenvalue weighted by atomic mass is 16.3. The van der Waals surface area contributed by atoms with Crippen molar-refractivity contribution in [1.29, 1.82) is 0 Å². The monoisotopic (exact) mass is 191 g/mol. The van der Waals surface area contributed by atoms with Crippen LogP contribution < -0.4 is 5.73 Å². The molecule has 0 amide bonds. The predicted octanol–water partition coefficient (Wildman–Crippen LogP) is 1.94. The van der Waals surface area contributed by atoms with Crippen molar-refractivity contribution in [3.63, 3.8) is 0 Å². The van der Waals surface area contributed by atoms with Crippen LogP contribution >= 0.6 is 0 Å². The van der Waals surface area contributed by atoms with E-state index in [9.17, 15) is 5.11 Å². The van der Waals surface area contributed by atoms with E-state index in [-0.39, 0.29) is 5.92 Å². The van der Waals surface area contributed by atoms with Crippen LogP contribution in [0.15, 0.2) is 12.1 Å². The summed E-state index contributed by atoms with van der Waals surface area (Å²) in [5, 5.41) is 10.1. The van der Waals surface area contributed by atoms with E-state index >= 15 is 0 Å². The topological polar surface area (TPSA) is 46.2 Å². The molecule has 0 aliphatic heterocycles. The first kappa shape index (κ1) is 9.53. The zero-order valence-corrected chi connectivity index (χ0v) is 8.59. The minimum absolute atomic E-state index is 0.251. The van der Waals surface area contributed by atoms with Crippen molar-refractivity contribution in [1.82, 2.24) is 0 Å². The van der Waals surface area contributed by atoms with Gasteiger partial charge in [0.15, 0.2) is 0 Å². The van der Waals surface area contributed by atoms with Gasteiger partial charge in [0.05, 0.1) is 0 Å². The Morgan fingerprint density at radius 3 is 2.93 bits per heavy atom. The molecule has 0 spiro atoms. The fourth-order valence-electron chi connectivity index (χ4n) is 2.19. The lowest BCUT2D eigenvalue weighted by molar-refractivity contribution is 0.457. The molecule has 76 valence electrons. The van der Waals surface area contributed by atoms with Gasteiger partial charge in [0, 0.05) is 0 Å². The Balaban J connectivity index is 2.44. The molecule has 1 aliphatic carbocycles. The highest BCUT2D eigenvalue weighted by Crippen LogP contribution is 2.35. The molecule has 1 aromatic carbocycles. The van der Waals surface area contributed by atoms with Crippen LogP contribution in [-0.2, 0) is 12.8 Å². The molecule has 3 N–H and O–H groups in total. The number of aryl methyl sites for hydroxylation is 1. The molecule has 0 bridgehead atoms. The van der Waals surface area contributed by atoms with Gasteiger partial charge in [-0.15, -0.1) is 0 Å². The van der Waals surface area contributed by atoms with Gasteiger partial charge in [0.25, 0.3) is 0 Å². The fraction of sp³-hybridized carbons (Fsp3) is 0.500. The number of rotatable bonds is 2. The van der Waals surface area contributed by atoms with Crippen LogP contribution in [0.4, 0.5) is 0 Å². The molecule has 1 atom stereocenters. The molecule has 0 heterocycles. The van der Waals surface area contributed by atoms with Crippen LogP contribution in [-0.4, -0.2) is 11.7 Å². The summed E-state index contributed by atoms with van der Waals surface area (Å²) in [6.45, 7) is 2.64. The highest BCUT2D eigenvalue weighted by molar-refractivity contribution is 5.49. The van der Waals surface area contributed by atoms with Gasteiger partial charge in [-0.3, -0.25) is 0 Å². The molecule has 0 radical (unpaired) electrons. The quantitative estimate of drug-likeness (QED) is 0.750. The number of aromatic hydroxyl groups is 1. The lowest BCUT2D eigenvalue weighted by Gasteiger charge is -2.14. The first-order valence-electron chi connectivity index (χ1n) is 5.27. The minimum atomic E-state index is 0.251. The summed E-state index contributed by atoms with van der Waals surface area (Å²) in [4.78, 5) is 0. The first-order valence-corrected chi connectivity index (χ1v) is 5.27. The van der Waals surface area contributed by atoms with Gasteiger partial charge in [-0.25, -0.2) is 0 Å². The van der Waals surface area contributed by atoms with Crippen LogP contribution in [0.1, 0.15) is 36.0 Å². The zero-order chi connectivity index (χ0) is 10.1. The third-order valence-corrected chi connectivity index (χ3v) is 3.17. The molecule has 0 saturated heterocycles. The van der Waals surface area contributed by atoms with Crippen molar-refractivity contribution in [2.75, 3.05) is 6.54 Å². The largest absolute Gasteiger partial charge is 0.507 e. The number of fused-ring (bicyclic) bond motifs is 1. The molecule has 1 aliphatic rings. The van der Waals surface area contributed by atoms with Crippen molar-refractivity contribution < 1.29 is 5.11 Å². The normalized spacial score (nSPS) is 16.7. The third kappa shape index (κ3) is 1.40. The van der Waals surface area contributed by atoms with Gasteiger partial charge >= 0.3 is 0 Å². The summed E-state index contributed by atoms with van der Waals surface area (Å²) < 4.78 is 0. The van der Waals surface area contributed by atoms with Gasteiger partial charge in [-0.05, 0) is 48.4 Å². The summed E-state index contributed by atoms with van der Waals surface area (Å²) in [6, 6.07) is 4.17. The molecule has 14 heavy (non-hydrogen) atoms. The standard InChI is InChI=1S/C12H17NO/c1-8(7-13)10-6-5-9-3-2-4-11(9)12(10)14/h5-6,8,14H,2-4,7,13H2,1H3. The maximum absolute atomic E-state index is 10.1. The molecule has 1 aromatic rings. The maximum Gasteiger partial charge on any atom is 0.122 e. The summed E-state index contributed by atoms with van der Waals surface area (Å²) in [5.74, 6) is 0.749. The Labute approximate surface area is 84.7 Å². The minimum Gasteiger partial charge on any atom is -0.507 e. The first-order chi connectivity index (χ1) is 6.74. The maximum atomic E-state index is 10.1. The van der Waals surface area contributed by atoms with Gasteiger partial charge in [-0.2, -0.15) is 0 Å². The zero-order valence-electron chi connectivity index (χ0n) is 8.59. The van der Waals surface area contributed by atoms with Gasteiger partial charge in [0.1, 0.15) is 5.75 Å². The van der Waals surface area contributed by atoms with E-state index in [2.05, 4.69) is 13.0 Å². The molecule has 2 nitrogen and oxygen atoms in total. The lowest BCUT2D eigenvalue weighted by Crippen LogP contribution is -2.09. The Hall–Kier alpha value is -1.02. The third-order valence-electron chi connectivity index (χ3n) is 3.17. The number of phenols is 1. The second-order valence-electron chi connectivity index (χ2n) is 4.13. The molecule has 1 unspecified atom stereocenters.